The van der Waals surface area contributed by atoms with Crippen LogP contribution >= 0.6 is 28.3 Å². The average Bonchev–Trinajstić information content (AvgIpc) is 2.78. The summed E-state index contributed by atoms with van der Waals surface area (Å²) < 4.78 is 6.78. The van der Waals surface area contributed by atoms with Gasteiger partial charge in [0, 0.05) is 16.6 Å². The number of aliphatic hydroxyl groups excluding tert-OH is 1. The van der Waals surface area contributed by atoms with Gasteiger partial charge in [-0.3, -0.25) is 0 Å². The molecule has 0 radical (unpaired) electrons. The molecular weight excluding hydrogens is 330 g/mol. The fourth-order valence-corrected chi connectivity index (χ4v) is 1.91. The summed E-state index contributed by atoms with van der Waals surface area (Å²) in [5, 5.41) is 12.3. The highest BCUT2D eigenvalue weighted by Gasteiger charge is 2.04. The standard InChI is InChI=1S/C14H16BrNO2.ClH/c1-10(17)8-16-9-13-6-7-14(18-13)11-2-4-12(15)5-3-11;/h2-7,10,16-17H,8-9H2,1H3;1H. The highest BCUT2D eigenvalue weighted by atomic mass is 79.9. The van der Waals surface area contributed by atoms with Gasteiger partial charge in [0.05, 0.1) is 12.6 Å². The number of hydrogen-bond acceptors (Lipinski definition) is 3. The van der Waals surface area contributed by atoms with E-state index in [1.54, 1.807) is 6.92 Å². The van der Waals surface area contributed by atoms with Crippen molar-refractivity contribution in [2.45, 2.75) is 19.6 Å². The summed E-state index contributed by atoms with van der Waals surface area (Å²) in [6.45, 7) is 2.94. The van der Waals surface area contributed by atoms with Gasteiger partial charge in [-0.15, -0.1) is 12.4 Å². The maximum absolute atomic E-state index is 9.14. The normalized spacial score (nSPS) is 11.9. The molecule has 0 aliphatic heterocycles. The number of halogens is 2. The van der Waals surface area contributed by atoms with Gasteiger partial charge in [-0.1, -0.05) is 28.1 Å². The molecule has 0 aliphatic rings. The van der Waals surface area contributed by atoms with E-state index in [4.69, 9.17) is 9.52 Å². The Morgan fingerprint density at radius 1 is 1.21 bits per heavy atom. The predicted octanol–water partition coefficient (Wildman–Crippen LogP) is 3.60. The molecule has 0 spiro atoms. The van der Waals surface area contributed by atoms with Crippen molar-refractivity contribution < 1.29 is 9.52 Å². The van der Waals surface area contributed by atoms with E-state index in [9.17, 15) is 0 Å². The Bertz CT molecular complexity index is 496. The minimum atomic E-state index is -0.342. The summed E-state index contributed by atoms with van der Waals surface area (Å²) in [6.07, 6.45) is -0.342. The predicted molar refractivity (Wildman–Crippen MR) is 82.5 cm³/mol. The topological polar surface area (TPSA) is 45.4 Å². The lowest BCUT2D eigenvalue weighted by atomic mass is 10.2. The summed E-state index contributed by atoms with van der Waals surface area (Å²) in [7, 11) is 0. The first-order valence-electron chi connectivity index (χ1n) is 5.88. The Morgan fingerprint density at radius 3 is 2.53 bits per heavy atom. The minimum absolute atomic E-state index is 0. The molecule has 0 amide bonds. The molecule has 1 atom stereocenters. The molecule has 104 valence electrons. The van der Waals surface area contributed by atoms with Crippen LogP contribution in [0.5, 0.6) is 0 Å². The largest absolute Gasteiger partial charge is 0.460 e. The summed E-state index contributed by atoms with van der Waals surface area (Å²) >= 11 is 3.41. The van der Waals surface area contributed by atoms with Gasteiger partial charge in [0.15, 0.2) is 0 Å². The maximum atomic E-state index is 9.14. The van der Waals surface area contributed by atoms with E-state index < -0.39 is 0 Å². The van der Waals surface area contributed by atoms with E-state index in [-0.39, 0.29) is 18.5 Å². The molecule has 5 heteroatoms. The molecule has 1 unspecified atom stereocenters. The Kier molecular flexibility index (Phi) is 6.58. The van der Waals surface area contributed by atoms with Crippen LogP contribution in [-0.4, -0.2) is 17.8 Å². The van der Waals surface area contributed by atoms with E-state index in [0.717, 1.165) is 21.6 Å². The van der Waals surface area contributed by atoms with E-state index in [2.05, 4.69) is 21.2 Å². The lowest BCUT2D eigenvalue weighted by Crippen LogP contribution is -2.23. The van der Waals surface area contributed by atoms with Gasteiger partial charge >= 0.3 is 0 Å². The number of benzene rings is 1. The first-order chi connectivity index (χ1) is 8.65. The van der Waals surface area contributed by atoms with Crippen LogP contribution in [0.3, 0.4) is 0 Å². The highest BCUT2D eigenvalue weighted by Crippen LogP contribution is 2.23. The van der Waals surface area contributed by atoms with E-state index in [0.29, 0.717) is 13.1 Å². The molecule has 19 heavy (non-hydrogen) atoms. The second kappa shape index (κ2) is 7.70. The van der Waals surface area contributed by atoms with Crippen LogP contribution in [0.4, 0.5) is 0 Å². The highest BCUT2D eigenvalue weighted by molar-refractivity contribution is 9.10. The molecule has 0 saturated carbocycles. The van der Waals surface area contributed by atoms with Gasteiger partial charge in [-0.05, 0) is 31.2 Å². The fourth-order valence-electron chi connectivity index (χ4n) is 1.65. The van der Waals surface area contributed by atoms with Gasteiger partial charge in [0.25, 0.3) is 0 Å². The second-order valence-electron chi connectivity index (χ2n) is 4.25. The van der Waals surface area contributed by atoms with Gasteiger partial charge in [-0.2, -0.15) is 0 Å². The smallest absolute Gasteiger partial charge is 0.134 e. The monoisotopic (exact) mass is 345 g/mol. The average molecular weight is 347 g/mol. The number of rotatable bonds is 5. The lowest BCUT2D eigenvalue weighted by molar-refractivity contribution is 0.190. The molecule has 0 bridgehead atoms. The van der Waals surface area contributed by atoms with Gasteiger partial charge in [-0.25, -0.2) is 0 Å². The quantitative estimate of drug-likeness (QED) is 0.869. The molecule has 2 N–H and O–H groups in total. The molecule has 2 aromatic rings. The minimum Gasteiger partial charge on any atom is -0.460 e. The Balaban J connectivity index is 0.00000180. The van der Waals surface area contributed by atoms with Crippen molar-refractivity contribution in [1.82, 2.24) is 5.32 Å². The van der Waals surface area contributed by atoms with Crippen molar-refractivity contribution in [3.63, 3.8) is 0 Å². The van der Waals surface area contributed by atoms with Crippen LogP contribution in [0.25, 0.3) is 11.3 Å². The van der Waals surface area contributed by atoms with Gasteiger partial charge in [0.2, 0.25) is 0 Å². The first kappa shape index (κ1) is 16.2. The molecule has 0 aliphatic carbocycles. The molecule has 3 nitrogen and oxygen atoms in total. The number of hydrogen-bond donors (Lipinski definition) is 2. The van der Waals surface area contributed by atoms with Gasteiger partial charge < -0.3 is 14.8 Å². The van der Waals surface area contributed by atoms with Crippen molar-refractivity contribution in [3.8, 4) is 11.3 Å². The van der Waals surface area contributed by atoms with Crippen LogP contribution in [-0.2, 0) is 6.54 Å². The van der Waals surface area contributed by atoms with Crippen LogP contribution in [0, 0.1) is 0 Å². The molecule has 2 rings (SSSR count). The van der Waals surface area contributed by atoms with E-state index in [1.165, 1.54) is 0 Å². The van der Waals surface area contributed by atoms with Crippen molar-refractivity contribution in [3.05, 3.63) is 46.6 Å². The Hall–Kier alpha value is -0.810. The molecule has 1 aromatic heterocycles. The van der Waals surface area contributed by atoms with Gasteiger partial charge in [0.1, 0.15) is 11.5 Å². The zero-order valence-electron chi connectivity index (χ0n) is 10.6. The maximum Gasteiger partial charge on any atom is 0.134 e. The number of nitrogens with one attached hydrogen (secondary N) is 1. The third-order valence-corrected chi connectivity index (χ3v) is 3.06. The lowest BCUT2D eigenvalue weighted by Gasteiger charge is -2.04. The zero-order chi connectivity index (χ0) is 13.0. The Morgan fingerprint density at radius 2 is 1.89 bits per heavy atom. The fraction of sp³-hybridized carbons (Fsp3) is 0.286. The summed E-state index contributed by atoms with van der Waals surface area (Å²) in [5.41, 5.74) is 1.06. The summed E-state index contributed by atoms with van der Waals surface area (Å²) in [5.74, 6) is 1.73. The number of aliphatic hydroxyl groups is 1. The van der Waals surface area contributed by atoms with Crippen LogP contribution in [0.1, 0.15) is 12.7 Å². The van der Waals surface area contributed by atoms with Crippen LogP contribution in [0.2, 0.25) is 0 Å². The third kappa shape index (κ3) is 4.99. The SMILES string of the molecule is CC(O)CNCc1ccc(-c2ccc(Br)cc2)o1.Cl. The molecule has 0 saturated heterocycles. The van der Waals surface area contributed by atoms with Crippen LogP contribution < -0.4 is 5.32 Å². The summed E-state index contributed by atoms with van der Waals surface area (Å²) in [4.78, 5) is 0. The second-order valence-corrected chi connectivity index (χ2v) is 5.17. The molecular formula is C14H17BrClNO2. The first-order valence-corrected chi connectivity index (χ1v) is 6.68. The molecule has 1 heterocycles. The van der Waals surface area contributed by atoms with Crippen molar-refractivity contribution in [1.29, 1.82) is 0 Å². The zero-order valence-corrected chi connectivity index (χ0v) is 13.0. The van der Waals surface area contributed by atoms with Crippen molar-refractivity contribution >= 4 is 28.3 Å². The Labute approximate surface area is 127 Å². The molecule has 1 aromatic carbocycles. The van der Waals surface area contributed by atoms with E-state index in [1.807, 2.05) is 36.4 Å². The van der Waals surface area contributed by atoms with Crippen molar-refractivity contribution in [2.24, 2.45) is 0 Å². The summed E-state index contributed by atoms with van der Waals surface area (Å²) in [6, 6.07) is 11.9. The number of furan rings is 1. The molecule has 0 fully saturated rings. The van der Waals surface area contributed by atoms with Crippen LogP contribution in [0.15, 0.2) is 45.3 Å². The van der Waals surface area contributed by atoms with Crippen molar-refractivity contribution in [2.75, 3.05) is 6.54 Å². The van der Waals surface area contributed by atoms with E-state index >= 15 is 0 Å². The third-order valence-electron chi connectivity index (χ3n) is 2.53.